The van der Waals surface area contributed by atoms with Crippen LogP contribution in [0.25, 0.3) is 0 Å². The fourth-order valence-electron chi connectivity index (χ4n) is 4.62. The Labute approximate surface area is 164 Å². The summed E-state index contributed by atoms with van der Waals surface area (Å²) in [6.45, 7) is 2.71. The number of rotatable bonds is 5. The number of halogens is 2. The van der Waals surface area contributed by atoms with Gasteiger partial charge in [-0.3, -0.25) is 0 Å². The van der Waals surface area contributed by atoms with E-state index in [4.69, 9.17) is 4.74 Å². The molecule has 3 unspecified atom stereocenters. The predicted octanol–water partition coefficient (Wildman–Crippen LogP) is -0.793. The van der Waals surface area contributed by atoms with Gasteiger partial charge in [-0.2, -0.15) is 0 Å². The first-order valence-corrected chi connectivity index (χ1v) is 9.23. The molecule has 1 amide bonds. The number of hydrogen-bond donors (Lipinski definition) is 2. The van der Waals surface area contributed by atoms with Gasteiger partial charge >= 0.3 is 6.09 Å². The molecule has 1 heterocycles. The minimum atomic E-state index is -0.447. The van der Waals surface area contributed by atoms with Gasteiger partial charge in [0.1, 0.15) is 12.4 Å². The zero-order valence-electron chi connectivity index (χ0n) is 15.0. The largest absolute Gasteiger partial charge is 1.00 e. The Hall–Kier alpha value is -2.11. The lowest BCUT2D eigenvalue weighted by atomic mass is 9.90. The molecule has 27 heavy (non-hydrogen) atoms. The second-order valence-corrected chi connectivity index (χ2v) is 7.25. The molecule has 0 aromatic heterocycles. The third-order valence-electron chi connectivity index (χ3n) is 5.92. The molecule has 1 aliphatic carbocycles. The summed E-state index contributed by atoms with van der Waals surface area (Å²) in [5.74, 6) is 0.655. The molecule has 0 spiro atoms. The summed E-state index contributed by atoms with van der Waals surface area (Å²) in [7, 11) is 0. The lowest BCUT2D eigenvalue weighted by molar-refractivity contribution is -0.664. The molecule has 1 aliphatic heterocycles. The quantitative estimate of drug-likeness (QED) is 0.703. The van der Waals surface area contributed by atoms with E-state index < -0.39 is 6.09 Å². The van der Waals surface area contributed by atoms with E-state index in [2.05, 4.69) is 10.6 Å². The van der Waals surface area contributed by atoms with E-state index in [0.717, 1.165) is 30.6 Å². The maximum Gasteiger partial charge on any atom is 0.407 e. The van der Waals surface area contributed by atoms with Crippen LogP contribution in [0.1, 0.15) is 17.5 Å². The lowest BCUT2D eigenvalue weighted by Gasteiger charge is -2.20. The molecule has 2 aromatic carbocycles. The van der Waals surface area contributed by atoms with Gasteiger partial charge < -0.3 is 27.8 Å². The third-order valence-corrected chi connectivity index (χ3v) is 5.92. The minimum absolute atomic E-state index is 0. The van der Waals surface area contributed by atoms with Gasteiger partial charge in [0, 0.05) is 24.3 Å². The van der Waals surface area contributed by atoms with Gasteiger partial charge in [-0.25, -0.2) is 9.18 Å². The van der Waals surface area contributed by atoms with Crippen molar-refractivity contribution in [2.45, 2.75) is 18.4 Å². The molecule has 2 fully saturated rings. The normalized spacial score (nSPS) is 25.7. The van der Waals surface area contributed by atoms with Gasteiger partial charge in [0.2, 0.25) is 0 Å². The first-order valence-electron chi connectivity index (χ1n) is 9.23. The average molecular weight is 391 g/mol. The van der Waals surface area contributed by atoms with Gasteiger partial charge in [0.05, 0.1) is 13.1 Å². The molecule has 1 saturated heterocycles. The van der Waals surface area contributed by atoms with Crippen molar-refractivity contribution in [1.29, 1.82) is 0 Å². The molecule has 1 saturated carbocycles. The number of fused-ring (bicyclic) bond motifs is 1. The number of nitrogens with two attached hydrogens (primary N) is 1. The van der Waals surface area contributed by atoms with E-state index in [9.17, 15) is 9.18 Å². The van der Waals surface area contributed by atoms with Crippen LogP contribution in [0.2, 0.25) is 0 Å². The summed E-state index contributed by atoms with van der Waals surface area (Å²) < 4.78 is 19.8. The first-order chi connectivity index (χ1) is 12.7. The van der Waals surface area contributed by atoms with Gasteiger partial charge in [-0.15, -0.1) is 0 Å². The van der Waals surface area contributed by atoms with E-state index in [1.165, 1.54) is 6.07 Å². The summed E-state index contributed by atoms with van der Waals surface area (Å²) in [5.41, 5.74) is 1.37. The van der Waals surface area contributed by atoms with E-state index in [0.29, 0.717) is 18.4 Å². The zero-order chi connectivity index (χ0) is 18.0. The Balaban J connectivity index is 0.00000210. The predicted molar refractivity (Wildman–Crippen MR) is 96.0 cm³/mol. The minimum Gasteiger partial charge on any atom is -1.00 e. The molecule has 2 aromatic rings. The maximum atomic E-state index is 14.5. The number of amides is 1. The molecule has 0 bridgehead atoms. The molecular formula is C21H24ClFN2O2. The molecule has 2 aliphatic rings. The summed E-state index contributed by atoms with van der Waals surface area (Å²) in [5, 5.41) is 5.19. The van der Waals surface area contributed by atoms with Crippen LogP contribution in [0.5, 0.6) is 0 Å². The highest BCUT2D eigenvalue weighted by Gasteiger charge is 2.67. The Morgan fingerprint density at radius 1 is 1.15 bits per heavy atom. The average Bonchev–Trinajstić information content (AvgIpc) is 3.34. The van der Waals surface area contributed by atoms with Gasteiger partial charge in [0.25, 0.3) is 0 Å². The number of benzene rings is 2. The van der Waals surface area contributed by atoms with Crippen molar-refractivity contribution in [2.75, 3.05) is 19.6 Å². The number of ether oxygens (including phenoxy) is 1. The van der Waals surface area contributed by atoms with Crippen molar-refractivity contribution in [3.63, 3.8) is 0 Å². The molecular weight excluding hydrogens is 367 g/mol. The molecule has 3 N–H and O–H groups in total. The fraction of sp³-hybridized carbons (Fsp3) is 0.381. The Kier molecular flexibility index (Phi) is 6.02. The third kappa shape index (κ3) is 3.80. The SMILES string of the molecule is O=C(NCC1(c2ccccc2F)C2CC[NH2+]CC21)OCc1ccccc1.[Cl-]. The van der Waals surface area contributed by atoms with E-state index in [-0.39, 0.29) is 30.2 Å². The topological polar surface area (TPSA) is 54.9 Å². The van der Waals surface area contributed by atoms with Gasteiger partial charge in [-0.1, -0.05) is 48.5 Å². The first kappa shape index (κ1) is 19.6. The monoisotopic (exact) mass is 390 g/mol. The number of carbonyl (C=O) groups excluding carboxylic acids is 1. The van der Waals surface area contributed by atoms with Crippen LogP contribution >= 0.6 is 0 Å². The van der Waals surface area contributed by atoms with Crippen molar-refractivity contribution >= 4 is 6.09 Å². The molecule has 4 rings (SSSR count). The number of alkyl carbamates (subject to hydrolysis) is 1. The fourth-order valence-corrected chi connectivity index (χ4v) is 4.62. The number of carbonyl (C=O) groups is 1. The number of piperidine rings is 1. The second-order valence-electron chi connectivity index (χ2n) is 7.25. The van der Waals surface area contributed by atoms with Crippen LogP contribution in [0.4, 0.5) is 9.18 Å². The van der Waals surface area contributed by atoms with Crippen LogP contribution in [-0.4, -0.2) is 25.7 Å². The Morgan fingerprint density at radius 2 is 1.89 bits per heavy atom. The van der Waals surface area contributed by atoms with E-state index >= 15 is 0 Å². The molecule has 0 radical (unpaired) electrons. The summed E-state index contributed by atoms with van der Waals surface area (Å²) >= 11 is 0. The highest BCUT2D eigenvalue weighted by Crippen LogP contribution is 2.61. The van der Waals surface area contributed by atoms with Gasteiger partial charge in [-0.05, 0) is 23.1 Å². The molecule has 144 valence electrons. The number of quaternary nitrogens is 1. The van der Waals surface area contributed by atoms with Crippen molar-refractivity contribution in [2.24, 2.45) is 11.8 Å². The summed E-state index contributed by atoms with van der Waals surface area (Å²) in [6.07, 6.45) is 0.608. The van der Waals surface area contributed by atoms with Crippen LogP contribution in [0.3, 0.4) is 0 Å². The number of hydrogen-bond acceptors (Lipinski definition) is 2. The zero-order valence-corrected chi connectivity index (χ0v) is 15.8. The van der Waals surface area contributed by atoms with Crippen molar-refractivity contribution in [3.8, 4) is 0 Å². The van der Waals surface area contributed by atoms with Crippen LogP contribution < -0.4 is 23.0 Å². The molecule has 3 atom stereocenters. The Bertz CT molecular complexity index is 775. The van der Waals surface area contributed by atoms with Crippen LogP contribution in [0.15, 0.2) is 54.6 Å². The molecule has 6 heteroatoms. The second kappa shape index (κ2) is 8.28. The van der Waals surface area contributed by atoms with Crippen molar-refractivity contribution in [1.82, 2.24) is 5.32 Å². The smallest absolute Gasteiger partial charge is 0.407 e. The van der Waals surface area contributed by atoms with E-state index in [1.54, 1.807) is 6.07 Å². The number of nitrogens with one attached hydrogen (secondary N) is 1. The Morgan fingerprint density at radius 3 is 2.59 bits per heavy atom. The highest BCUT2D eigenvalue weighted by molar-refractivity contribution is 5.67. The van der Waals surface area contributed by atoms with Crippen molar-refractivity contribution < 1.29 is 31.6 Å². The van der Waals surface area contributed by atoms with Crippen LogP contribution in [0, 0.1) is 17.7 Å². The maximum absolute atomic E-state index is 14.5. The standard InChI is InChI=1S/C21H23FN2O2.ClH/c22-19-9-5-4-8-17(19)21(16-10-11-23-12-18(16)21)14-24-20(25)26-13-15-6-2-1-3-7-15;/h1-9,16,18,23H,10-14H2,(H,24,25);1H. The molecule has 4 nitrogen and oxygen atoms in total. The van der Waals surface area contributed by atoms with E-state index in [1.807, 2.05) is 42.5 Å². The van der Waals surface area contributed by atoms with Crippen molar-refractivity contribution in [3.05, 3.63) is 71.5 Å². The summed E-state index contributed by atoms with van der Waals surface area (Å²) in [6, 6.07) is 16.5. The lowest BCUT2D eigenvalue weighted by Crippen LogP contribution is -3.00. The summed E-state index contributed by atoms with van der Waals surface area (Å²) in [4.78, 5) is 12.2. The van der Waals surface area contributed by atoms with Gasteiger partial charge in [0.15, 0.2) is 0 Å². The van der Waals surface area contributed by atoms with Crippen LogP contribution in [-0.2, 0) is 16.8 Å². The highest BCUT2D eigenvalue weighted by atomic mass is 35.5.